The van der Waals surface area contributed by atoms with Gasteiger partial charge in [0.15, 0.2) is 0 Å². The fraction of sp³-hybridized carbons (Fsp3) is 0.176. The molecule has 5 nitrogen and oxygen atoms in total. The second-order valence-electron chi connectivity index (χ2n) is 5.14. The van der Waals surface area contributed by atoms with Crippen molar-refractivity contribution in [3.05, 3.63) is 71.0 Å². The van der Waals surface area contributed by atoms with E-state index in [1.165, 1.54) is 48.5 Å². The van der Waals surface area contributed by atoms with Crippen LogP contribution in [0.2, 0.25) is 0 Å². The zero-order chi connectivity index (χ0) is 17.0. The van der Waals surface area contributed by atoms with E-state index in [9.17, 15) is 19.1 Å². The Labute approximate surface area is 132 Å². The molecule has 6 heteroatoms. The normalized spacial score (nSPS) is 13.2. The number of amides is 1. The minimum atomic E-state index is -1.13. The van der Waals surface area contributed by atoms with Gasteiger partial charge in [0, 0.05) is 5.56 Å². The summed E-state index contributed by atoms with van der Waals surface area (Å²) < 4.78 is 12.9. The summed E-state index contributed by atoms with van der Waals surface area (Å²) in [6.45, 7) is 1.60. The molecule has 23 heavy (non-hydrogen) atoms. The highest BCUT2D eigenvalue weighted by atomic mass is 19.1. The average molecular weight is 317 g/mol. The van der Waals surface area contributed by atoms with Crippen LogP contribution >= 0.6 is 0 Å². The summed E-state index contributed by atoms with van der Waals surface area (Å²) in [6.07, 6.45) is -1.01. The maximum absolute atomic E-state index is 12.9. The molecule has 0 spiro atoms. The highest BCUT2D eigenvalue weighted by Crippen LogP contribution is 2.17. The first-order valence-corrected chi connectivity index (χ1v) is 6.96. The Bertz CT molecular complexity index is 715. The number of aromatic carboxylic acids is 1. The predicted molar refractivity (Wildman–Crippen MR) is 81.7 cm³/mol. The number of aliphatic hydroxyl groups is 1. The summed E-state index contributed by atoms with van der Waals surface area (Å²) in [5.41, 5.74) is 0.658. The number of nitrogens with one attached hydrogen (secondary N) is 1. The number of carbonyl (C=O) groups is 2. The smallest absolute Gasteiger partial charge is 0.335 e. The van der Waals surface area contributed by atoms with Crippen LogP contribution in [-0.4, -0.2) is 28.1 Å². The zero-order valence-corrected chi connectivity index (χ0v) is 12.4. The minimum absolute atomic E-state index is 0.00406. The monoisotopic (exact) mass is 317 g/mol. The van der Waals surface area contributed by atoms with E-state index in [4.69, 9.17) is 5.11 Å². The third kappa shape index (κ3) is 4.14. The van der Waals surface area contributed by atoms with Gasteiger partial charge in [0.2, 0.25) is 0 Å². The van der Waals surface area contributed by atoms with Gasteiger partial charge >= 0.3 is 5.97 Å². The van der Waals surface area contributed by atoms with Gasteiger partial charge in [0.1, 0.15) is 5.82 Å². The van der Waals surface area contributed by atoms with Gasteiger partial charge in [-0.05, 0) is 42.8 Å². The van der Waals surface area contributed by atoms with E-state index in [2.05, 4.69) is 5.32 Å². The van der Waals surface area contributed by atoms with Crippen molar-refractivity contribution in [1.82, 2.24) is 5.32 Å². The van der Waals surface area contributed by atoms with Crippen molar-refractivity contribution in [3.8, 4) is 0 Å². The Morgan fingerprint density at radius 1 is 1.09 bits per heavy atom. The number of carboxylic acid groups (broad SMARTS) is 1. The number of benzene rings is 2. The summed E-state index contributed by atoms with van der Waals surface area (Å²) in [5.74, 6) is -2.04. The van der Waals surface area contributed by atoms with Gasteiger partial charge in [-0.25, -0.2) is 9.18 Å². The molecule has 0 aliphatic heterocycles. The van der Waals surface area contributed by atoms with Crippen molar-refractivity contribution in [2.75, 3.05) is 0 Å². The lowest BCUT2D eigenvalue weighted by atomic mass is 10.0. The molecule has 1 amide bonds. The van der Waals surface area contributed by atoms with Crippen molar-refractivity contribution in [1.29, 1.82) is 0 Å². The first kappa shape index (κ1) is 16.6. The SMILES string of the molecule is CC(NC(=O)c1cccc(C(=O)O)c1)C(O)c1ccc(F)cc1. The Morgan fingerprint density at radius 3 is 2.30 bits per heavy atom. The molecule has 0 aliphatic rings. The third-order valence-electron chi connectivity index (χ3n) is 3.42. The summed E-state index contributed by atoms with van der Waals surface area (Å²) in [6, 6.07) is 10.3. The van der Waals surface area contributed by atoms with Gasteiger partial charge in [-0.2, -0.15) is 0 Å². The average Bonchev–Trinajstić information content (AvgIpc) is 2.54. The minimum Gasteiger partial charge on any atom is -0.478 e. The second-order valence-corrected chi connectivity index (χ2v) is 5.14. The molecule has 0 radical (unpaired) electrons. The van der Waals surface area contributed by atoms with Crippen LogP contribution in [0, 0.1) is 5.82 Å². The number of hydrogen-bond acceptors (Lipinski definition) is 3. The van der Waals surface area contributed by atoms with Crippen LogP contribution in [0.4, 0.5) is 4.39 Å². The summed E-state index contributed by atoms with van der Waals surface area (Å²) in [7, 11) is 0. The lowest BCUT2D eigenvalue weighted by Gasteiger charge is -2.20. The second kappa shape index (κ2) is 7.02. The molecule has 3 N–H and O–H groups in total. The van der Waals surface area contributed by atoms with Crippen LogP contribution in [0.5, 0.6) is 0 Å². The molecule has 2 aromatic carbocycles. The number of rotatable bonds is 5. The quantitative estimate of drug-likeness (QED) is 0.790. The van der Waals surface area contributed by atoms with Gasteiger partial charge in [0.05, 0.1) is 17.7 Å². The van der Waals surface area contributed by atoms with Crippen molar-refractivity contribution < 1.29 is 24.2 Å². The number of halogens is 1. The van der Waals surface area contributed by atoms with E-state index in [-0.39, 0.29) is 11.1 Å². The topological polar surface area (TPSA) is 86.6 Å². The van der Waals surface area contributed by atoms with Crippen LogP contribution < -0.4 is 5.32 Å². The van der Waals surface area contributed by atoms with Gasteiger partial charge in [-0.1, -0.05) is 18.2 Å². The molecular weight excluding hydrogens is 301 g/mol. The fourth-order valence-electron chi connectivity index (χ4n) is 2.11. The molecule has 2 aromatic rings. The third-order valence-corrected chi connectivity index (χ3v) is 3.42. The first-order chi connectivity index (χ1) is 10.9. The van der Waals surface area contributed by atoms with Crippen LogP contribution in [-0.2, 0) is 0 Å². The fourth-order valence-corrected chi connectivity index (χ4v) is 2.11. The van der Waals surface area contributed by atoms with Crippen LogP contribution in [0.15, 0.2) is 48.5 Å². The number of aliphatic hydroxyl groups excluding tert-OH is 1. The van der Waals surface area contributed by atoms with E-state index in [0.29, 0.717) is 5.56 Å². The molecule has 0 bridgehead atoms. The number of carbonyl (C=O) groups excluding carboxylic acids is 1. The molecule has 2 rings (SSSR count). The van der Waals surface area contributed by atoms with E-state index in [1.807, 2.05) is 0 Å². The predicted octanol–water partition coefficient (Wildman–Crippen LogP) is 2.38. The summed E-state index contributed by atoms with van der Waals surface area (Å²) in [5, 5.41) is 21.7. The van der Waals surface area contributed by atoms with Gasteiger partial charge in [-0.3, -0.25) is 4.79 Å². The largest absolute Gasteiger partial charge is 0.478 e. The summed E-state index contributed by atoms with van der Waals surface area (Å²) in [4.78, 5) is 23.1. The van der Waals surface area contributed by atoms with Crippen molar-refractivity contribution in [3.63, 3.8) is 0 Å². The molecule has 2 unspecified atom stereocenters. The van der Waals surface area contributed by atoms with E-state index < -0.39 is 29.8 Å². The Hall–Kier alpha value is -2.73. The maximum atomic E-state index is 12.9. The van der Waals surface area contributed by atoms with E-state index in [0.717, 1.165) is 0 Å². The van der Waals surface area contributed by atoms with Gasteiger partial charge < -0.3 is 15.5 Å². The molecule has 0 saturated heterocycles. The molecule has 2 atom stereocenters. The number of hydrogen-bond donors (Lipinski definition) is 3. The molecule has 120 valence electrons. The molecule has 0 heterocycles. The van der Waals surface area contributed by atoms with Crippen LogP contribution in [0.1, 0.15) is 39.3 Å². The summed E-state index contributed by atoms with van der Waals surface area (Å²) >= 11 is 0. The molecule has 0 saturated carbocycles. The lowest BCUT2D eigenvalue weighted by Crippen LogP contribution is -2.37. The van der Waals surface area contributed by atoms with Crippen molar-refractivity contribution >= 4 is 11.9 Å². The lowest BCUT2D eigenvalue weighted by molar-refractivity contribution is 0.0697. The molecule has 0 aliphatic carbocycles. The zero-order valence-electron chi connectivity index (χ0n) is 12.4. The Morgan fingerprint density at radius 2 is 1.70 bits per heavy atom. The molecule has 0 aromatic heterocycles. The van der Waals surface area contributed by atoms with Crippen LogP contribution in [0.3, 0.4) is 0 Å². The maximum Gasteiger partial charge on any atom is 0.335 e. The van der Waals surface area contributed by atoms with E-state index >= 15 is 0 Å². The van der Waals surface area contributed by atoms with Crippen LogP contribution in [0.25, 0.3) is 0 Å². The number of carboxylic acids is 1. The van der Waals surface area contributed by atoms with Crippen molar-refractivity contribution in [2.24, 2.45) is 0 Å². The molecular formula is C17H16FNO4. The first-order valence-electron chi connectivity index (χ1n) is 6.96. The standard InChI is InChI=1S/C17H16FNO4/c1-10(15(20)11-5-7-14(18)8-6-11)19-16(21)12-3-2-4-13(9-12)17(22)23/h2-10,15,20H,1H3,(H,19,21)(H,22,23). The molecule has 0 fully saturated rings. The van der Waals surface area contributed by atoms with Gasteiger partial charge in [-0.15, -0.1) is 0 Å². The highest BCUT2D eigenvalue weighted by Gasteiger charge is 2.19. The highest BCUT2D eigenvalue weighted by molar-refractivity contribution is 5.97. The van der Waals surface area contributed by atoms with Gasteiger partial charge in [0.25, 0.3) is 5.91 Å². The van der Waals surface area contributed by atoms with E-state index in [1.54, 1.807) is 6.92 Å². The van der Waals surface area contributed by atoms with Crippen molar-refractivity contribution in [2.45, 2.75) is 19.1 Å². The Kier molecular flexibility index (Phi) is 5.08. The Balaban J connectivity index is 2.08.